The summed E-state index contributed by atoms with van der Waals surface area (Å²) in [5.74, 6) is -0.883. The molecule has 0 amide bonds. The van der Waals surface area contributed by atoms with Crippen LogP contribution < -0.4 is 0 Å². The molecule has 0 radical (unpaired) electrons. The molecule has 43 heavy (non-hydrogen) atoms. The van der Waals surface area contributed by atoms with Crippen molar-refractivity contribution in [3.05, 3.63) is 0 Å². The third-order valence-electron chi connectivity index (χ3n) is 8.77. The van der Waals surface area contributed by atoms with E-state index in [0.717, 1.165) is 25.7 Å². The summed E-state index contributed by atoms with van der Waals surface area (Å²) >= 11 is 0. The molecule has 0 aliphatic rings. The van der Waals surface area contributed by atoms with Gasteiger partial charge in [0.2, 0.25) is 0 Å². The number of hydrogen-bond donors (Lipinski definition) is 1. The number of hydrogen-bond acceptors (Lipinski definition) is 3. The zero-order valence-electron chi connectivity index (χ0n) is 29.7. The van der Waals surface area contributed by atoms with E-state index in [1.54, 1.807) is 0 Å². The van der Waals surface area contributed by atoms with Crippen molar-refractivity contribution in [2.75, 3.05) is 21.1 Å². The Kier molecular flexibility index (Phi) is 30.8. The van der Waals surface area contributed by atoms with Gasteiger partial charge in [0.15, 0.2) is 11.0 Å². The van der Waals surface area contributed by atoms with Crippen molar-refractivity contribution in [1.82, 2.24) is 0 Å². The molecule has 0 aromatic heterocycles. The highest BCUT2D eigenvalue weighted by atomic mass is 31.1. The van der Waals surface area contributed by atoms with Gasteiger partial charge < -0.3 is 9.59 Å². The molecular weight excluding hydrogens is 568 g/mol. The topological polar surface area (TPSA) is 54.4 Å². The molecule has 0 saturated carbocycles. The number of likely N-dealkylation sites (N-methyl/N-ethyl adjacent to an activating group) is 1. The van der Waals surface area contributed by atoms with Crippen LogP contribution in [0.3, 0.4) is 0 Å². The number of carbonyl (C=O) groups is 2. The van der Waals surface area contributed by atoms with Crippen LogP contribution in [0.5, 0.6) is 0 Å². The molecule has 4 unspecified atom stereocenters. The number of carbonyl (C=O) groups excluding carboxylic acids is 2. The van der Waals surface area contributed by atoms with Gasteiger partial charge in [0, 0.05) is 21.4 Å². The van der Waals surface area contributed by atoms with Crippen LogP contribution >= 0.6 is 17.2 Å². The van der Waals surface area contributed by atoms with Crippen LogP contribution in [0.2, 0.25) is 0 Å². The minimum atomic E-state index is -0.705. The summed E-state index contributed by atoms with van der Waals surface area (Å²) < 4.78 is 0.531. The smallest absolute Gasteiger partial charge is 0.157 e. The first kappa shape index (κ1) is 43.1. The van der Waals surface area contributed by atoms with Gasteiger partial charge in [0.1, 0.15) is 11.6 Å². The summed E-state index contributed by atoms with van der Waals surface area (Å²) in [5.41, 5.74) is 0.455. The van der Waals surface area contributed by atoms with Gasteiger partial charge in [-0.3, -0.25) is 9.59 Å². The van der Waals surface area contributed by atoms with Gasteiger partial charge in [-0.2, -0.15) is 0 Å². The molecule has 0 aromatic carbocycles. The molecule has 0 rings (SSSR count). The fourth-order valence-corrected chi connectivity index (χ4v) is 8.81. The first-order valence-electron chi connectivity index (χ1n) is 18.8. The highest BCUT2D eigenvalue weighted by Crippen LogP contribution is 2.38. The van der Waals surface area contributed by atoms with E-state index in [1.165, 1.54) is 141 Å². The van der Waals surface area contributed by atoms with Crippen molar-refractivity contribution in [2.24, 2.45) is 0 Å². The van der Waals surface area contributed by atoms with Crippen molar-refractivity contribution < 1.29 is 19.2 Å². The Hall–Kier alpha value is 0.120. The van der Waals surface area contributed by atoms with Crippen molar-refractivity contribution in [3.63, 3.8) is 0 Å². The summed E-state index contributed by atoms with van der Waals surface area (Å²) in [6.07, 6.45) is 35.1. The van der Waals surface area contributed by atoms with Gasteiger partial charge in [0.25, 0.3) is 0 Å². The first-order chi connectivity index (χ1) is 20.7. The zero-order chi connectivity index (χ0) is 32.0. The molecule has 0 aliphatic carbocycles. The van der Waals surface area contributed by atoms with Crippen LogP contribution in [0.4, 0.5) is 0 Å². The molecule has 256 valence electrons. The standard InChI is InChI=1S/C37H76NO3P2/c1-6-8-10-12-14-16-18-20-22-24-26-28-30-32-34(39)42-36(38(3,4)5)37(41)43-35(40)33-31-29-27-25-23-21-19-17-15-13-11-9-7-2/h36-37,41-43H,6-33H2,1-5H3/q+1. The summed E-state index contributed by atoms with van der Waals surface area (Å²) in [6, 6.07) is 0. The summed E-state index contributed by atoms with van der Waals surface area (Å²) in [7, 11) is 6.11. The third kappa shape index (κ3) is 29.3. The lowest BCUT2D eigenvalue weighted by Crippen LogP contribution is -2.48. The van der Waals surface area contributed by atoms with E-state index >= 15 is 0 Å². The average Bonchev–Trinajstić information content (AvgIpc) is 2.96. The fraction of sp³-hybridized carbons (Fsp3) is 0.946. The minimum absolute atomic E-state index is 0.0787. The fourth-order valence-electron chi connectivity index (χ4n) is 5.86. The van der Waals surface area contributed by atoms with E-state index in [-0.39, 0.29) is 34.0 Å². The van der Waals surface area contributed by atoms with E-state index in [4.69, 9.17) is 0 Å². The predicted molar refractivity (Wildman–Crippen MR) is 195 cm³/mol. The highest BCUT2D eigenvalue weighted by molar-refractivity contribution is 7.62. The number of nitrogens with zero attached hydrogens (tertiary/aromatic N) is 1. The predicted octanol–water partition coefficient (Wildman–Crippen LogP) is 11.7. The molecule has 0 spiro atoms. The normalized spacial score (nSPS) is 13.9. The van der Waals surface area contributed by atoms with Crippen LogP contribution in [0.1, 0.15) is 194 Å². The van der Waals surface area contributed by atoms with Gasteiger partial charge in [-0.1, -0.05) is 168 Å². The van der Waals surface area contributed by atoms with E-state index in [1.807, 2.05) is 21.1 Å². The second kappa shape index (κ2) is 30.8. The van der Waals surface area contributed by atoms with Gasteiger partial charge in [0.05, 0.1) is 21.1 Å². The molecule has 4 atom stereocenters. The maximum absolute atomic E-state index is 12.8. The van der Waals surface area contributed by atoms with Gasteiger partial charge in [-0.25, -0.2) is 0 Å². The first-order valence-corrected chi connectivity index (χ1v) is 21.0. The maximum Gasteiger partial charge on any atom is 0.157 e. The molecule has 0 heterocycles. The number of aliphatic hydroxyl groups excluding tert-OH is 1. The van der Waals surface area contributed by atoms with Crippen LogP contribution in [0, 0.1) is 0 Å². The second-order valence-electron chi connectivity index (χ2n) is 14.1. The SMILES string of the molecule is CCCCCCCCCCCCCCCC(=O)PC(O)C(PC(=O)CCCCCCCCCCCCCCC)[N+](C)(C)C. The van der Waals surface area contributed by atoms with Crippen molar-refractivity contribution in [1.29, 1.82) is 0 Å². The average molecular weight is 645 g/mol. The lowest BCUT2D eigenvalue weighted by molar-refractivity contribution is -0.883. The number of aliphatic hydroxyl groups is 1. The van der Waals surface area contributed by atoms with E-state index in [0.29, 0.717) is 17.3 Å². The quantitative estimate of drug-likeness (QED) is 0.0431. The van der Waals surface area contributed by atoms with Crippen molar-refractivity contribution in [3.8, 4) is 0 Å². The summed E-state index contributed by atoms with van der Waals surface area (Å²) in [6.45, 7) is 4.54. The molecule has 0 bridgehead atoms. The Morgan fingerprint density at radius 2 is 0.721 bits per heavy atom. The Morgan fingerprint density at radius 1 is 0.465 bits per heavy atom. The van der Waals surface area contributed by atoms with Crippen molar-refractivity contribution in [2.45, 2.75) is 205 Å². The number of unbranched alkanes of at least 4 members (excludes halogenated alkanes) is 24. The number of quaternary nitrogens is 1. The molecule has 1 N–H and O–H groups in total. The zero-order valence-corrected chi connectivity index (χ0v) is 31.7. The molecule has 0 aromatic rings. The Labute approximate surface area is 273 Å². The lowest BCUT2D eigenvalue weighted by atomic mass is 10.0. The molecule has 0 saturated heterocycles. The monoisotopic (exact) mass is 645 g/mol. The van der Waals surface area contributed by atoms with Gasteiger partial charge in [-0.05, 0) is 21.4 Å². The molecule has 4 nitrogen and oxygen atoms in total. The third-order valence-corrected chi connectivity index (χ3v) is 12.2. The van der Waals surface area contributed by atoms with Gasteiger partial charge in [-0.15, -0.1) is 0 Å². The van der Waals surface area contributed by atoms with Crippen LogP contribution in [-0.2, 0) is 9.59 Å². The van der Waals surface area contributed by atoms with Crippen molar-refractivity contribution >= 4 is 28.2 Å². The van der Waals surface area contributed by atoms with E-state index in [9.17, 15) is 14.7 Å². The van der Waals surface area contributed by atoms with E-state index < -0.39 is 5.85 Å². The Bertz CT molecular complexity index is 638. The maximum atomic E-state index is 12.8. The molecule has 0 aliphatic heterocycles. The molecule has 0 fully saturated rings. The summed E-state index contributed by atoms with van der Waals surface area (Å²) in [5, 5.41) is 11.0. The Morgan fingerprint density at radius 3 is 1.00 bits per heavy atom. The highest BCUT2D eigenvalue weighted by Gasteiger charge is 2.34. The van der Waals surface area contributed by atoms with Gasteiger partial charge >= 0.3 is 0 Å². The largest absolute Gasteiger partial charge is 0.382 e. The van der Waals surface area contributed by atoms with Crippen LogP contribution in [-0.4, -0.2) is 53.4 Å². The molecular formula is C37H76NO3P2+. The Balaban J connectivity index is 3.93. The number of rotatable bonds is 34. The van der Waals surface area contributed by atoms with Crippen LogP contribution in [0.25, 0.3) is 0 Å². The lowest BCUT2D eigenvalue weighted by Gasteiger charge is -2.36. The molecule has 6 heteroatoms. The minimum Gasteiger partial charge on any atom is -0.382 e. The second-order valence-corrected chi connectivity index (χ2v) is 17.0. The van der Waals surface area contributed by atoms with E-state index in [2.05, 4.69) is 13.8 Å². The van der Waals surface area contributed by atoms with Crippen LogP contribution in [0.15, 0.2) is 0 Å². The summed E-state index contributed by atoms with van der Waals surface area (Å²) in [4.78, 5) is 25.5.